The van der Waals surface area contributed by atoms with Gasteiger partial charge in [0.1, 0.15) is 0 Å². The summed E-state index contributed by atoms with van der Waals surface area (Å²) in [7, 11) is 1.46. The Labute approximate surface area is 94.5 Å². The maximum atomic E-state index is 11.0. The number of ether oxygens (including phenoxy) is 1. The molecule has 0 atom stereocenters. The molecule has 0 saturated carbocycles. The number of hydrogen-bond donors (Lipinski definition) is 2. The number of hydrogen-bond acceptors (Lipinski definition) is 3. The molecule has 1 rings (SSSR count). The summed E-state index contributed by atoms with van der Waals surface area (Å²) in [4.78, 5) is 11.0. The zero-order chi connectivity index (χ0) is 12.3. The normalized spacial score (nSPS) is 11.2. The SMILES string of the molecule is COc1cc(CC(C)(C)C(=O)O)ccc1O. The standard InChI is InChI=1S/C12H16O4/c1-12(2,11(14)15)7-8-4-5-9(13)10(6-8)16-3/h4-6,13H,7H2,1-3H3,(H,14,15). The van der Waals surface area contributed by atoms with Crippen LogP contribution in [0.5, 0.6) is 11.5 Å². The summed E-state index contributed by atoms with van der Waals surface area (Å²) in [6.07, 6.45) is 0.388. The topological polar surface area (TPSA) is 66.8 Å². The van der Waals surface area contributed by atoms with E-state index in [1.165, 1.54) is 13.2 Å². The average molecular weight is 224 g/mol. The van der Waals surface area contributed by atoms with E-state index in [4.69, 9.17) is 9.84 Å². The number of phenols is 1. The molecule has 0 heterocycles. The van der Waals surface area contributed by atoms with E-state index in [-0.39, 0.29) is 5.75 Å². The lowest BCUT2D eigenvalue weighted by Crippen LogP contribution is -2.26. The number of benzene rings is 1. The fourth-order valence-electron chi connectivity index (χ4n) is 1.42. The zero-order valence-electron chi connectivity index (χ0n) is 9.65. The first kappa shape index (κ1) is 12.4. The molecular formula is C12H16O4. The summed E-state index contributed by atoms with van der Waals surface area (Å²) < 4.78 is 4.96. The van der Waals surface area contributed by atoms with Crippen LogP contribution < -0.4 is 4.74 Å². The molecule has 4 heteroatoms. The Kier molecular flexibility index (Phi) is 3.42. The van der Waals surface area contributed by atoms with Crippen LogP contribution >= 0.6 is 0 Å². The van der Waals surface area contributed by atoms with Gasteiger partial charge in [-0.25, -0.2) is 0 Å². The van der Waals surface area contributed by atoms with Crippen LogP contribution in [-0.2, 0) is 11.2 Å². The van der Waals surface area contributed by atoms with E-state index in [0.29, 0.717) is 12.2 Å². The Hall–Kier alpha value is -1.71. The van der Waals surface area contributed by atoms with Gasteiger partial charge in [-0.05, 0) is 38.0 Å². The van der Waals surface area contributed by atoms with E-state index in [2.05, 4.69) is 0 Å². The fourth-order valence-corrected chi connectivity index (χ4v) is 1.42. The lowest BCUT2D eigenvalue weighted by molar-refractivity contribution is -0.146. The molecule has 4 nitrogen and oxygen atoms in total. The minimum atomic E-state index is -0.848. The number of rotatable bonds is 4. The third-order valence-electron chi connectivity index (χ3n) is 2.47. The number of aliphatic carboxylic acids is 1. The van der Waals surface area contributed by atoms with Crippen molar-refractivity contribution in [2.75, 3.05) is 7.11 Å². The van der Waals surface area contributed by atoms with Gasteiger partial charge in [0.05, 0.1) is 12.5 Å². The van der Waals surface area contributed by atoms with Crippen molar-refractivity contribution in [3.05, 3.63) is 23.8 Å². The van der Waals surface area contributed by atoms with Crippen LogP contribution in [0, 0.1) is 5.41 Å². The molecule has 88 valence electrons. The molecule has 0 amide bonds. The van der Waals surface area contributed by atoms with Crippen LogP contribution in [0.2, 0.25) is 0 Å². The number of phenolic OH excluding ortho intramolecular Hbond substituents is 1. The van der Waals surface area contributed by atoms with Crippen molar-refractivity contribution >= 4 is 5.97 Å². The number of aromatic hydroxyl groups is 1. The van der Waals surface area contributed by atoms with Crippen molar-refractivity contribution in [3.8, 4) is 11.5 Å². The van der Waals surface area contributed by atoms with Gasteiger partial charge in [-0.3, -0.25) is 4.79 Å². The second-order valence-electron chi connectivity index (χ2n) is 4.37. The molecule has 16 heavy (non-hydrogen) atoms. The maximum absolute atomic E-state index is 11.0. The van der Waals surface area contributed by atoms with Crippen molar-refractivity contribution < 1.29 is 19.7 Å². The minimum absolute atomic E-state index is 0.0550. The number of methoxy groups -OCH3 is 1. The summed E-state index contributed by atoms with van der Waals surface area (Å²) in [6, 6.07) is 4.86. The van der Waals surface area contributed by atoms with Gasteiger partial charge in [0, 0.05) is 0 Å². The lowest BCUT2D eigenvalue weighted by Gasteiger charge is -2.19. The molecule has 0 aliphatic rings. The van der Waals surface area contributed by atoms with Gasteiger partial charge < -0.3 is 14.9 Å². The second-order valence-corrected chi connectivity index (χ2v) is 4.37. The van der Waals surface area contributed by atoms with Gasteiger partial charge in [-0.1, -0.05) is 6.07 Å². The minimum Gasteiger partial charge on any atom is -0.504 e. The molecule has 1 aromatic carbocycles. The zero-order valence-corrected chi connectivity index (χ0v) is 9.65. The Bertz CT molecular complexity index is 396. The Morgan fingerprint density at radius 1 is 1.44 bits per heavy atom. The molecule has 1 aromatic rings. The number of carboxylic acids is 1. The highest BCUT2D eigenvalue weighted by molar-refractivity contribution is 5.74. The monoisotopic (exact) mass is 224 g/mol. The van der Waals surface area contributed by atoms with Crippen LogP contribution in [-0.4, -0.2) is 23.3 Å². The molecule has 2 N–H and O–H groups in total. The quantitative estimate of drug-likeness (QED) is 0.821. The smallest absolute Gasteiger partial charge is 0.309 e. The largest absolute Gasteiger partial charge is 0.504 e. The van der Waals surface area contributed by atoms with Crippen molar-refractivity contribution in [1.29, 1.82) is 0 Å². The summed E-state index contributed by atoms with van der Waals surface area (Å²) in [5, 5.41) is 18.4. The molecule has 0 aliphatic heterocycles. The first-order valence-electron chi connectivity index (χ1n) is 4.96. The first-order chi connectivity index (χ1) is 7.36. The van der Waals surface area contributed by atoms with Crippen molar-refractivity contribution in [2.24, 2.45) is 5.41 Å². The highest BCUT2D eigenvalue weighted by Gasteiger charge is 2.27. The van der Waals surface area contributed by atoms with Gasteiger partial charge in [0.25, 0.3) is 0 Å². The van der Waals surface area contributed by atoms with Gasteiger partial charge >= 0.3 is 5.97 Å². The average Bonchev–Trinajstić information content (AvgIpc) is 2.20. The third-order valence-corrected chi connectivity index (χ3v) is 2.47. The number of carboxylic acid groups (broad SMARTS) is 1. The highest BCUT2D eigenvalue weighted by Crippen LogP contribution is 2.30. The van der Waals surface area contributed by atoms with E-state index in [0.717, 1.165) is 5.56 Å². The third kappa shape index (κ3) is 2.66. The van der Waals surface area contributed by atoms with Crippen molar-refractivity contribution in [2.45, 2.75) is 20.3 Å². The van der Waals surface area contributed by atoms with Crippen LogP contribution in [0.15, 0.2) is 18.2 Å². The predicted molar refractivity (Wildman–Crippen MR) is 59.8 cm³/mol. The number of carbonyl (C=O) groups is 1. The molecule has 0 spiro atoms. The van der Waals surface area contributed by atoms with E-state index in [1.807, 2.05) is 0 Å². The van der Waals surface area contributed by atoms with Crippen LogP contribution in [0.25, 0.3) is 0 Å². The molecule has 0 fully saturated rings. The van der Waals surface area contributed by atoms with Crippen molar-refractivity contribution in [3.63, 3.8) is 0 Å². The first-order valence-corrected chi connectivity index (χ1v) is 4.96. The van der Waals surface area contributed by atoms with Gasteiger partial charge in [-0.15, -0.1) is 0 Å². The van der Waals surface area contributed by atoms with Crippen LogP contribution in [0.3, 0.4) is 0 Å². The predicted octanol–water partition coefficient (Wildman–Crippen LogP) is 2.05. The Morgan fingerprint density at radius 2 is 2.06 bits per heavy atom. The van der Waals surface area contributed by atoms with Crippen LogP contribution in [0.1, 0.15) is 19.4 Å². The fraction of sp³-hybridized carbons (Fsp3) is 0.417. The summed E-state index contributed by atoms with van der Waals surface area (Å²) in [5.41, 5.74) is -0.0100. The van der Waals surface area contributed by atoms with Crippen molar-refractivity contribution in [1.82, 2.24) is 0 Å². The Balaban J connectivity index is 2.94. The van der Waals surface area contributed by atoms with E-state index < -0.39 is 11.4 Å². The highest BCUT2D eigenvalue weighted by atomic mass is 16.5. The summed E-state index contributed by atoms with van der Waals surface area (Å²) in [5.74, 6) is -0.433. The summed E-state index contributed by atoms with van der Waals surface area (Å²) in [6.45, 7) is 3.32. The molecule has 0 bridgehead atoms. The van der Waals surface area contributed by atoms with Gasteiger partial charge in [0.2, 0.25) is 0 Å². The molecule has 0 unspecified atom stereocenters. The van der Waals surface area contributed by atoms with Crippen LogP contribution in [0.4, 0.5) is 0 Å². The summed E-state index contributed by atoms with van der Waals surface area (Å²) >= 11 is 0. The molecular weight excluding hydrogens is 208 g/mol. The Morgan fingerprint density at radius 3 is 2.56 bits per heavy atom. The van der Waals surface area contributed by atoms with E-state index in [9.17, 15) is 9.90 Å². The molecule has 0 aromatic heterocycles. The molecule has 0 radical (unpaired) electrons. The molecule has 0 aliphatic carbocycles. The second kappa shape index (κ2) is 4.43. The van der Waals surface area contributed by atoms with Gasteiger partial charge in [0.15, 0.2) is 11.5 Å². The maximum Gasteiger partial charge on any atom is 0.309 e. The lowest BCUT2D eigenvalue weighted by atomic mass is 9.86. The van der Waals surface area contributed by atoms with E-state index >= 15 is 0 Å². The molecule has 0 saturated heterocycles. The van der Waals surface area contributed by atoms with E-state index in [1.54, 1.807) is 26.0 Å². The van der Waals surface area contributed by atoms with Gasteiger partial charge in [-0.2, -0.15) is 0 Å².